The molecular weight excluding hydrogens is 164 g/mol. The normalized spacial score (nSPS) is 22.4. The molecule has 0 heterocycles. The Morgan fingerprint density at radius 3 is 2.31 bits per heavy atom. The highest BCUT2D eigenvalue weighted by Gasteiger charge is 2.18. The molecule has 0 bridgehead atoms. The van der Waals surface area contributed by atoms with E-state index in [2.05, 4.69) is 26.0 Å². The Morgan fingerprint density at radius 1 is 1.23 bits per heavy atom. The highest BCUT2D eigenvalue weighted by molar-refractivity contribution is 5.25. The van der Waals surface area contributed by atoms with Crippen molar-refractivity contribution in [3.05, 3.63) is 23.7 Å². The Morgan fingerprint density at radius 2 is 1.85 bits per heavy atom. The lowest BCUT2D eigenvalue weighted by molar-refractivity contribution is 0.209. The van der Waals surface area contributed by atoms with Crippen LogP contribution in [0.3, 0.4) is 0 Å². The molecule has 0 saturated carbocycles. The lowest BCUT2D eigenvalue weighted by Crippen LogP contribution is -2.12. The molecule has 0 amide bonds. The van der Waals surface area contributed by atoms with Gasteiger partial charge in [-0.15, -0.1) is 0 Å². The lowest BCUT2D eigenvalue weighted by atomic mass is 9.89. The van der Waals surface area contributed by atoms with Crippen LogP contribution < -0.4 is 0 Å². The highest BCUT2D eigenvalue weighted by Crippen LogP contribution is 2.28. The van der Waals surface area contributed by atoms with Gasteiger partial charge in [0.25, 0.3) is 0 Å². The largest absolute Gasteiger partial charge is 0.493 e. The molecule has 13 heavy (non-hydrogen) atoms. The standard InChI is InChI=1S/C11H18O2/c1-8(2)9-5-6-10(12-3)11(7-9)13-4/h6-9H,5H2,1-4H3. The molecule has 0 aromatic carbocycles. The van der Waals surface area contributed by atoms with E-state index in [0.29, 0.717) is 11.8 Å². The summed E-state index contributed by atoms with van der Waals surface area (Å²) >= 11 is 0. The van der Waals surface area contributed by atoms with E-state index in [0.717, 1.165) is 17.9 Å². The molecule has 0 N–H and O–H groups in total. The maximum atomic E-state index is 5.24. The minimum Gasteiger partial charge on any atom is -0.493 e. The average Bonchev–Trinajstić information content (AvgIpc) is 2.16. The predicted octanol–water partition coefficient (Wildman–Crippen LogP) is 2.72. The molecule has 0 spiro atoms. The number of hydrogen-bond donors (Lipinski definition) is 0. The first-order valence-corrected chi connectivity index (χ1v) is 4.69. The van der Waals surface area contributed by atoms with Crippen LogP contribution in [0.1, 0.15) is 20.3 Å². The summed E-state index contributed by atoms with van der Waals surface area (Å²) < 4.78 is 10.4. The van der Waals surface area contributed by atoms with Crippen LogP contribution in [-0.4, -0.2) is 14.2 Å². The molecule has 0 saturated heterocycles. The maximum Gasteiger partial charge on any atom is 0.156 e. The molecule has 1 aliphatic carbocycles. The SMILES string of the molecule is COC1=CCC(C(C)C)C=C1OC. The molecule has 0 aromatic rings. The third-order valence-corrected chi connectivity index (χ3v) is 2.48. The quantitative estimate of drug-likeness (QED) is 0.668. The Kier molecular flexibility index (Phi) is 3.40. The van der Waals surface area contributed by atoms with E-state index in [1.165, 1.54) is 0 Å². The number of hydrogen-bond acceptors (Lipinski definition) is 2. The minimum absolute atomic E-state index is 0.578. The van der Waals surface area contributed by atoms with E-state index < -0.39 is 0 Å². The first kappa shape index (κ1) is 10.2. The fourth-order valence-corrected chi connectivity index (χ4v) is 1.51. The van der Waals surface area contributed by atoms with E-state index in [9.17, 15) is 0 Å². The molecule has 2 heteroatoms. The van der Waals surface area contributed by atoms with Crippen LogP contribution in [-0.2, 0) is 9.47 Å². The van der Waals surface area contributed by atoms with Gasteiger partial charge in [-0.2, -0.15) is 0 Å². The van der Waals surface area contributed by atoms with Crippen molar-refractivity contribution < 1.29 is 9.47 Å². The van der Waals surface area contributed by atoms with Crippen LogP contribution in [0.25, 0.3) is 0 Å². The molecule has 1 rings (SSSR count). The second-order valence-corrected chi connectivity index (χ2v) is 3.65. The van der Waals surface area contributed by atoms with Gasteiger partial charge >= 0.3 is 0 Å². The van der Waals surface area contributed by atoms with Crippen LogP contribution in [0.5, 0.6) is 0 Å². The topological polar surface area (TPSA) is 18.5 Å². The van der Waals surface area contributed by atoms with E-state index >= 15 is 0 Å². The number of allylic oxidation sites excluding steroid dienone is 2. The Hall–Kier alpha value is -0.920. The van der Waals surface area contributed by atoms with Crippen LogP contribution in [0.15, 0.2) is 23.7 Å². The van der Waals surface area contributed by atoms with Crippen LogP contribution in [0, 0.1) is 11.8 Å². The van der Waals surface area contributed by atoms with E-state index in [1.807, 2.05) is 0 Å². The second-order valence-electron chi connectivity index (χ2n) is 3.65. The summed E-state index contributed by atoms with van der Waals surface area (Å²) in [5, 5.41) is 0. The molecule has 2 nitrogen and oxygen atoms in total. The zero-order valence-electron chi connectivity index (χ0n) is 8.83. The smallest absolute Gasteiger partial charge is 0.156 e. The highest BCUT2D eigenvalue weighted by atomic mass is 16.5. The van der Waals surface area contributed by atoms with Crippen molar-refractivity contribution in [3.8, 4) is 0 Å². The second kappa shape index (κ2) is 4.35. The summed E-state index contributed by atoms with van der Waals surface area (Å²) in [4.78, 5) is 0. The van der Waals surface area contributed by atoms with Gasteiger partial charge in [0.2, 0.25) is 0 Å². The summed E-state index contributed by atoms with van der Waals surface area (Å²) in [5.74, 6) is 2.96. The first-order valence-electron chi connectivity index (χ1n) is 4.69. The summed E-state index contributed by atoms with van der Waals surface area (Å²) in [6, 6.07) is 0. The monoisotopic (exact) mass is 182 g/mol. The van der Waals surface area contributed by atoms with Gasteiger partial charge < -0.3 is 9.47 Å². The molecule has 1 aliphatic rings. The van der Waals surface area contributed by atoms with E-state index in [1.54, 1.807) is 14.2 Å². The van der Waals surface area contributed by atoms with Gasteiger partial charge in [0.1, 0.15) is 0 Å². The fourth-order valence-electron chi connectivity index (χ4n) is 1.51. The fraction of sp³-hybridized carbons (Fsp3) is 0.636. The molecule has 0 aromatic heterocycles. The van der Waals surface area contributed by atoms with Crippen molar-refractivity contribution in [1.29, 1.82) is 0 Å². The Labute approximate surface area is 80.2 Å². The summed E-state index contributed by atoms with van der Waals surface area (Å²) in [6.45, 7) is 4.44. The zero-order valence-corrected chi connectivity index (χ0v) is 8.83. The number of ether oxygens (including phenoxy) is 2. The van der Waals surface area contributed by atoms with Crippen molar-refractivity contribution in [3.63, 3.8) is 0 Å². The zero-order chi connectivity index (χ0) is 9.84. The average molecular weight is 182 g/mol. The Bertz CT molecular complexity index is 226. The van der Waals surface area contributed by atoms with E-state index in [-0.39, 0.29) is 0 Å². The van der Waals surface area contributed by atoms with Gasteiger partial charge in [0.05, 0.1) is 14.2 Å². The number of rotatable bonds is 3. The van der Waals surface area contributed by atoms with Gasteiger partial charge in [-0.05, 0) is 30.4 Å². The van der Waals surface area contributed by atoms with Crippen molar-refractivity contribution in [2.75, 3.05) is 14.2 Å². The molecule has 1 unspecified atom stereocenters. The van der Waals surface area contributed by atoms with Crippen molar-refractivity contribution in [2.24, 2.45) is 11.8 Å². The minimum atomic E-state index is 0.578. The van der Waals surface area contributed by atoms with Crippen LogP contribution in [0.4, 0.5) is 0 Å². The van der Waals surface area contributed by atoms with Crippen molar-refractivity contribution in [2.45, 2.75) is 20.3 Å². The molecule has 74 valence electrons. The maximum absolute atomic E-state index is 5.24. The third-order valence-electron chi connectivity index (χ3n) is 2.48. The molecule has 0 fully saturated rings. The van der Waals surface area contributed by atoms with Crippen molar-refractivity contribution in [1.82, 2.24) is 0 Å². The van der Waals surface area contributed by atoms with Gasteiger partial charge in [-0.3, -0.25) is 0 Å². The molecular formula is C11H18O2. The van der Waals surface area contributed by atoms with Crippen LogP contribution >= 0.6 is 0 Å². The summed E-state index contributed by atoms with van der Waals surface area (Å²) in [5.41, 5.74) is 0. The first-order chi connectivity index (χ1) is 6.19. The summed E-state index contributed by atoms with van der Waals surface area (Å²) in [7, 11) is 3.36. The van der Waals surface area contributed by atoms with Gasteiger partial charge in [0.15, 0.2) is 11.5 Å². The van der Waals surface area contributed by atoms with Crippen LogP contribution in [0.2, 0.25) is 0 Å². The number of methoxy groups -OCH3 is 2. The third kappa shape index (κ3) is 2.27. The van der Waals surface area contributed by atoms with E-state index in [4.69, 9.17) is 9.47 Å². The molecule has 1 atom stereocenters. The van der Waals surface area contributed by atoms with Gasteiger partial charge in [-0.1, -0.05) is 13.8 Å². The molecule has 0 aliphatic heterocycles. The Balaban J connectivity index is 2.75. The van der Waals surface area contributed by atoms with Gasteiger partial charge in [-0.25, -0.2) is 0 Å². The molecule has 0 radical (unpaired) electrons. The van der Waals surface area contributed by atoms with Crippen molar-refractivity contribution >= 4 is 0 Å². The summed E-state index contributed by atoms with van der Waals surface area (Å²) in [6.07, 6.45) is 5.31. The predicted molar refractivity (Wildman–Crippen MR) is 53.1 cm³/mol. The lowest BCUT2D eigenvalue weighted by Gasteiger charge is -2.22. The van der Waals surface area contributed by atoms with Gasteiger partial charge in [0, 0.05) is 0 Å².